The Labute approximate surface area is 127 Å². The fourth-order valence-electron chi connectivity index (χ4n) is 1.87. The van der Waals surface area contributed by atoms with Crippen LogP contribution in [0.15, 0.2) is 23.1 Å². The normalized spacial score (nSPS) is 15.6. The summed E-state index contributed by atoms with van der Waals surface area (Å²) in [6.45, 7) is -0.0643. The molecule has 0 amide bonds. The molecule has 5 nitrogen and oxygen atoms in total. The van der Waals surface area contributed by atoms with Crippen molar-refractivity contribution in [3.8, 4) is 0 Å². The van der Waals surface area contributed by atoms with Gasteiger partial charge in [0, 0.05) is 17.6 Å². The molecular weight excluding hydrogens is 325 g/mol. The zero-order valence-electron chi connectivity index (χ0n) is 10.4. The maximum absolute atomic E-state index is 12.6. The Morgan fingerprint density at radius 3 is 2.55 bits per heavy atom. The number of carbonyl (C=O) groups is 1. The first-order valence-corrected chi connectivity index (χ1v) is 8.20. The third kappa shape index (κ3) is 3.44. The molecule has 8 heteroatoms. The summed E-state index contributed by atoms with van der Waals surface area (Å²) in [5.41, 5.74) is 0. The molecule has 0 aliphatic heterocycles. The number of aliphatic carboxylic acids is 1. The molecule has 0 atom stereocenters. The van der Waals surface area contributed by atoms with Crippen molar-refractivity contribution >= 4 is 39.2 Å². The topological polar surface area (TPSA) is 74.7 Å². The van der Waals surface area contributed by atoms with Crippen molar-refractivity contribution in [1.29, 1.82) is 0 Å². The molecule has 0 aromatic heterocycles. The Morgan fingerprint density at radius 1 is 1.35 bits per heavy atom. The van der Waals surface area contributed by atoms with Crippen LogP contribution in [0.25, 0.3) is 0 Å². The smallest absolute Gasteiger partial charge is 0.304 e. The van der Waals surface area contributed by atoms with Crippen LogP contribution < -0.4 is 0 Å². The Bertz CT molecular complexity index is 628. The highest BCUT2D eigenvalue weighted by Crippen LogP contribution is 2.35. The number of hydrogen-bond acceptors (Lipinski definition) is 3. The van der Waals surface area contributed by atoms with Crippen molar-refractivity contribution in [2.24, 2.45) is 0 Å². The first-order valence-electron chi connectivity index (χ1n) is 6.01. The molecule has 2 rings (SSSR count). The van der Waals surface area contributed by atoms with E-state index >= 15 is 0 Å². The van der Waals surface area contributed by atoms with Gasteiger partial charge >= 0.3 is 5.97 Å². The Kier molecular flexibility index (Phi) is 4.59. The number of halogens is 2. The van der Waals surface area contributed by atoms with Gasteiger partial charge in [0.1, 0.15) is 4.90 Å². The van der Waals surface area contributed by atoms with E-state index in [-0.39, 0.29) is 33.9 Å². The van der Waals surface area contributed by atoms with E-state index < -0.39 is 16.0 Å². The van der Waals surface area contributed by atoms with Crippen molar-refractivity contribution in [2.45, 2.75) is 30.2 Å². The van der Waals surface area contributed by atoms with E-state index in [0.717, 1.165) is 12.8 Å². The first-order chi connectivity index (χ1) is 9.32. The number of hydrogen-bond donors (Lipinski definition) is 1. The molecule has 1 fully saturated rings. The van der Waals surface area contributed by atoms with Crippen molar-refractivity contribution in [3.05, 3.63) is 28.2 Å². The lowest BCUT2D eigenvalue weighted by molar-refractivity contribution is -0.137. The minimum Gasteiger partial charge on any atom is -0.481 e. The second-order valence-electron chi connectivity index (χ2n) is 4.57. The second-order valence-corrected chi connectivity index (χ2v) is 7.27. The fraction of sp³-hybridized carbons (Fsp3) is 0.417. The third-order valence-electron chi connectivity index (χ3n) is 2.98. The summed E-state index contributed by atoms with van der Waals surface area (Å²) in [4.78, 5) is 10.6. The van der Waals surface area contributed by atoms with Crippen LogP contribution in [0.1, 0.15) is 19.3 Å². The monoisotopic (exact) mass is 337 g/mol. The van der Waals surface area contributed by atoms with E-state index in [1.54, 1.807) is 0 Å². The lowest BCUT2D eigenvalue weighted by Gasteiger charge is -2.21. The van der Waals surface area contributed by atoms with Crippen LogP contribution in [-0.4, -0.2) is 36.4 Å². The van der Waals surface area contributed by atoms with Crippen molar-refractivity contribution < 1.29 is 18.3 Å². The molecule has 1 saturated carbocycles. The van der Waals surface area contributed by atoms with Crippen LogP contribution in [0.4, 0.5) is 0 Å². The van der Waals surface area contributed by atoms with E-state index in [1.165, 1.54) is 22.5 Å². The van der Waals surface area contributed by atoms with Crippen LogP contribution in [0.3, 0.4) is 0 Å². The van der Waals surface area contributed by atoms with E-state index in [2.05, 4.69) is 0 Å². The molecule has 20 heavy (non-hydrogen) atoms. The number of nitrogens with zero attached hydrogens (tertiary/aromatic N) is 1. The minimum atomic E-state index is -3.83. The summed E-state index contributed by atoms with van der Waals surface area (Å²) in [5, 5.41) is 9.08. The quantitative estimate of drug-likeness (QED) is 0.865. The average molecular weight is 338 g/mol. The summed E-state index contributed by atoms with van der Waals surface area (Å²) in [7, 11) is -3.83. The van der Waals surface area contributed by atoms with Crippen molar-refractivity contribution in [1.82, 2.24) is 4.31 Å². The molecule has 1 aromatic rings. The summed E-state index contributed by atoms with van der Waals surface area (Å²) in [6.07, 6.45) is 1.22. The van der Waals surface area contributed by atoms with E-state index in [1.807, 2.05) is 0 Å². The van der Waals surface area contributed by atoms with Gasteiger partial charge in [-0.3, -0.25) is 4.79 Å². The second kappa shape index (κ2) is 5.89. The molecule has 110 valence electrons. The van der Waals surface area contributed by atoms with Gasteiger partial charge in [-0.2, -0.15) is 4.31 Å². The number of rotatable bonds is 6. The highest BCUT2D eigenvalue weighted by atomic mass is 35.5. The Morgan fingerprint density at radius 2 is 2.00 bits per heavy atom. The molecule has 0 radical (unpaired) electrons. The molecule has 1 aromatic carbocycles. The first kappa shape index (κ1) is 15.6. The van der Waals surface area contributed by atoms with Gasteiger partial charge in [0.05, 0.1) is 11.4 Å². The van der Waals surface area contributed by atoms with Crippen LogP contribution >= 0.6 is 23.2 Å². The standard InChI is InChI=1S/C12H13Cl2NO4S/c13-8-1-4-10(14)11(7-8)20(18,19)15(9-2-3-9)6-5-12(16)17/h1,4,7,9H,2-3,5-6H2,(H,16,17). The zero-order chi connectivity index (χ0) is 14.9. The lowest BCUT2D eigenvalue weighted by Crippen LogP contribution is -2.35. The SMILES string of the molecule is O=C(O)CCN(C1CC1)S(=O)(=O)c1cc(Cl)ccc1Cl. The van der Waals surface area contributed by atoms with Crippen LogP contribution in [-0.2, 0) is 14.8 Å². The average Bonchev–Trinajstić information content (AvgIpc) is 3.16. The Balaban J connectivity index is 2.35. The number of carboxylic acids is 1. The van der Waals surface area contributed by atoms with Crippen molar-refractivity contribution in [2.75, 3.05) is 6.54 Å². The van der Waals surface area contributed by atoms with Crippen LogP contribution in [0.5, 0.6) is 0 Å². The zero-order valence-corrected chi connectivity index (χ0v) is 12.7. The molecule has 0 saturated heterocycles. The predicted octanol–water partition coefficient (Wildman–Crippen LogP) is 2.62. The maximum atomic E-state index is 12.6. The summed E-state index contributed by atoms with van der Waals surface area (Å²) in [6, 6.07) is 4.06. The fourth-order valence-corrected chi connectivity index (χ4v) is 4.29. The Hall–Kier alpha value is -0.820. The minimum absolute atomic E-state index is 0.0643. The molecule has 0 spiro atoms. The maximum Gasteiger partial charge on any atom is 0.304 e. The molecule has 1 N–H and O–H groups in total. The van der Waals surface area contributed by atoms with Gasteiger partial charge in [0.2, 0.25) is 10.0 Å². The van der Waals surface area contributed by atoms with Crippen LogP contribution in [0.2, 0.25) is 10.0 Å². The third-order valence-corrected chi connectivity index (χ3v) is 5.65. The summed E-state index contributed by atoms with van der Waals surface area (Å²) < 4.78 is 26.4. The van der Waals surface area contributed by atoms with Crippen LogP contribution in [0, 0.1) is 0 Å². The van der Waals surface area contributed by atoms with E-state index in [9.17, 15) is 13.2 Å². The van der Waals surface area contributed by atoms with Gasteiger partial charge in [0.15, 0.2) is 0 Å². The number of carboxylic acid groups (broad SMARTS) is 1. The molecular formula is C12H13Cl2NO4S. The van der Waals surface area contributed by atoms with Gasteiger partial charge in [-0.15, -0.1) is 0 Å². The van der Waals surface area contributed by atoms with Gasteiger partial charge in [-0.25, -0.2) is 8.42 Å². The van der Waals surface area contributed by atoms with Gasteiger partial charge in [-0.05, 0) is 31.0 Å². The van der Waals surface area contributed by atoms with Crippen molar-refractivity contribution in [3.63, 3.8) is 0 Å². The molecule has 0 unspecified atom stereocenters. The number of benzene rings is 1. The van der Waals surface area contributed by atoms with E-state index in [4.69, 9.17) is 28.3 Å². The highest BCUT2D eigenvalue weighted by molar-refractivity contribution is 7.89. The predicted molar refractivity (Wildman–Crippen MR) is 75.6 cm³/mol. The van der Waals surface area contributed by atoms with Gasteiger partial charge < -0.3 is 5.11 Å². The summed E-state index contributed by atoms with van der Waals surface area (Å²) in [5.74, 6) is -1.04. The highest BCUT2D eigenvalue weighted by Gasteiger charge is 2.39. The van der Waals surface area contributed by atoms with E-state index in [0.29, 0.717) is 0 Å². The molecule has 1 aliphatic carbocycles. The molecule has 0 heterocycles. The molecule has 1 aliphatic rings. The number of sulfonamides is 1. The lowest BCUT2D eigenvalue weighted by atomic mass is 10.4. The summed E-state index contributed by atoms with van der Waals surface area (Å²) >= 11 is 11.7. The molecule has 0 bridgehead atoms. The van der Waals surface area contributed by atoms with Gasteiger partial charge in [0.25, 0.3) is 0 Å². The largest absolute Gasteiger partial charge is 0.481 e. The van der Waals surface area contributed by atoms with Gasteiger partial charge in [-0.1, -0.05) is 23.2 Å².